The summed E-state index contributed by atoms with van der Waals surface area (Å²) in [7, 11) is 1.86. The third-order valence-corrected chi connectivity index (χ3v) is 4.26. The van der Waals surface area contributed by atoms with Crippen molar-refractivity contribution in [1.29, 1.82) is 0 Å². The first-order valence-corrected chi connectivity index (χ1v) is 7.83. The van der Waals surface area contributed by atoms with Gasteiger partial charge in [-0.3, -0.25) is 9.20 Å². The molecule has 3 aromatic heterocycles. The third kappa shape index (κ3) is 2.41. The second-order valence-corrected chi connectivity index (χ2v) is 5.96. The summed E-state index contributed by atoms with van der Waals surface area (Å²) >= 11 is 6.02. The van der Waals surface area contributed by atoms with Crippen LogP contribution in [0.15, 0.2) is 48.7 Å². The molecule has 1 amide bonds. The van der Waals surface area contributed by atoms with Crippen LogP contribution in [0.4, 0.5) is 0 Å². The van der Waals surface area contributed by atoms with Gasteiger partial charge in [0.2, 0.25) is 0 Å². The van der Waals surface area contributed by atoms with E-state index < -0.39 is 0 Å². The molecule has 3 heterocycles. The number of rotatable bonds is 3. The van der Waals surface area contributed by atoms with Gasteiger partial charge in [0.1, 0.15) is 5.69 Å². The summed E-state index contributed by atoms with van der Waals surface area (Å²) in [6.07, 6.45) is 1.87. The van der Waals surface area contributed by atoms with Crippen LogP contribution in [0.5, 0.6) is 0 Å². The van der Waals surface area contributed by atoms with E-state index in [2.05, 4.69) is 15.5 Å². The minimum Gasteiger partial charge on any atom is -0.343 e. The van der Waals surface area contributed by atoms with Gasteiger partial charge >= 0.3 is 0 Å². The molecule has 0 aliphatic carbocycles. The normalized spacial score (nSPS) is 11.2. The van der Waals surface area contributed by atoms with Gasteiger partial charge in [-0.15, -0.1) is 10.2 Å². The third-order valence-electron chi connectivity index (χ3n) is 4.03. The first-order valence-electron chi connectivity index (χ1n) is 7.45. The molecule has 6 nitrogen and oxygen atoms in total. The van der Waals surface area contributed by atoms with Crippen molar-refractivity contribution >= 4 is 34.1 Å². The number of halogens is 1. The zero-order valence-electron chi connectivity index (χ0n) is 12.9. The number of aryl methyl sites for hydroxylation is 1. The van der Waals surface area contributed by atoms with E-state index in [1.54, 1.807) is 0 Å². The van der Waals surface area contributed by atoms with Gasteiger partial charge in [0.15, 0.2) is 11.5 Å². The predicted molar refractivity (Wildman–Crippen MR) is 92.1 cm³/mol. The highest BCUT2D eigenvalue weighted by Crippen LogP contribution is 2.22. The summed E-state index contributed by atoms with van der Waals surface area (Å²) in [5.41, 5.74) is 2.28. The molecule has 0 radical (unpaired) electrons. The number of hydrogen-bond acceptors (Lipinski definition) is 3. The minimum atomic E-state index is -0.169. The van der Waals surface area contributed by atoms with Gasteiger partial charge in [-0.05, 0) is 36.4 Å². The Kier molecular flexibility index (Phi) is 3.46. The zero-order chi connectivity index (χ0) is 16.7. The average Bonchev–Trinajstić information content (AvgIpc) is 3.14. The molecule has 0 aliphatic rings. The van der Waals surface area contributed by atoms with Crippen LogP contribution in [0.3, 0.4) is 0 Å². The summed E-state index contributed by atoms with van der Waals surface area (Å²) < 4.78 is 3.70. The number of benzene rings is 1. The van der Waals surface area contributed by atoms with Crippen LogP contribution >= 0.6 is 11.6 Å². The summed E-state index contributed by atoms with van der Waals surface area (Å²) in [4.78, 5) is 12.5. The molecule has 1 N–H and O–H groups in total. The van der Waals surface area contributed by atoms with E-state index in [1.165, 1.54) is 0 Å². The van der Waals surface area contributed by atoms with Crippen LogP contribution in [0, 0.1) is 0 Å². The van der Waals surface area contributed by atoms with E-state index in [0.717, 1.165) is 16.6 Å². The van der Waals surface area contributed by atoms with Crippen molar-refractivity contribution in [2.24, 2.45) is 7.05 Å². The number of carbonyl (C=O) groups is 1. The molecule has 120 valence electrons. The van der Waals surface area contributed by atoms with E-state index in [1.807, 2.05) is 64.7 Å². The topological polar surface area (TPSA) is 64.2 Å². The number of fused-ring (bicyclic) bond motifs is 2. The molecular weight excluding hydrogens is 326 g/mol. The second-order valence-electron chi connectivity index (χ2n) is 5.52. The van der Waals surface area contributed by atoms with Crippen molar-refractivity contribution in [3.05, 3.63) is 65.2 Å². The van der Waals surface area contributed by atoms with Gasteiger partial charge in [-0.1, -0.05) is 17.7 Å². The molecule has 0 atom stereocenters. The Bertz CT molecular complexity index is 1070. The number of amides is 1. The number of pyridine rings is 1. The van der Waals surface area contributed by atoms with Gasteiger partial charge in [0.25, 0.3) is 5.91 Å². The monoisotopic (exact) mass is 339 g/mol. The molecule has 7 heteroatoms. The quantitative estimate of drug-likeness (QED) is 0.624. The number of nitrogens with one attached hydrogen (secondary N) is 1. The fourth-order valence-corrected chi connectivity index (χ4v) is 2.98. The Balaban J connectivity index is 1.59. The Morgan fingerprint density at radius 2 is 2.08 bits per heavy atom. The molecular formula is C17H14ClN5O. The molecule has 24 heavy (non-hydrogen) atoms. The van der Waals surface area contributed by atoms with Crippen molar-refractivity contribution in [3.63, 3.8) is 0 Å². The fraction of sp³-hybridized carbons (Fsp3) is 0.118. The maximum Gasteiger partial charge on any atom is 0.268 e. The van der Waals surface area contributed by atoms with Gasteiger partial charge in [0.05, 0.1) is 6.54 Å². The van der Waals surface area contributed by atoms with E-state index >= 15 is 0 Å². The first-order chi connectivity index (χ1) is 11.6. The molecule has 0 unspecified atom stereocenters. The standard InChI is InChI=1S/C17H14ClN5O/c1-22-13-6-5-12(18)8-11(13)9-14(22)17(24)19-10-16-21-20-15-4-2-3-7-23(15)16/h2-9H,10H2,1H3,(H,19,24). The summed E-state index contributed by atoms with van der Waals surface area (Å²) in [6.45, 7) is 0.298. The largest absolute Gasteiger partial charge is 0.343 e. The molecule has 0 spiro atoms. The summed E-state index contributed by atoms with van der Waals surface area (Å²) in [6, 6.07) is 13.1. The van der Waals surface area contributed by atoms with E-state index in [4.69, 9.17) is 11.6 Å². The zero-order valence-corrected chi connectivity index (χ0v) is 13.7. The molecule has 0 saturated carbocycles. The lowest BCUT2D eigenvalue weighted by atomic mass is 10.2. The van der Waals surface area contributed by atoms with Crippen molar-refractivity contribution in [2.75, 3.05) is 0 Å². The van der Waals surface area contributed by atoms with Crippen LogP contribution in [0.1, 0.15) is 16.3 Å². The van der Waals surface area contributed by atoms with Crippen molar-refractivity contribution in [2.45, 2.75) is 6.54 Å². The predicted octanol–water partition coefficient (Wildman–Crippen LogP) is 2.80. The summed E-state index contributed by atoms with van der Waals surface area (Å²) in [5, 5.41) is 12.7. The van der Waals surface area contributed by atoms with E-state index in [9.17, 15) is 4.79 Å². The lowest BCUT2D eigenvalue weighted by Gasteiger charge is -2.06. The molecule has 1 aromatic carbocycles. The molecule has 4 aromatic rings. The molecule has 4 rings (SSSR count). The first kappa shape index (κ1) is 14.7. The van der Waals surface area contributed by atoms with E-state index in [0.29, 0.717) is 23.1 Å². The second kappa shape index (κ2) is 5.65. The van der Waals surface area contributed by atoms with Crippen LogP contribution in [-0.4, -0.2) is 25.1 Å². The Hall–Kier alpha value is -2.86. The number of carbonyl (C=O) groups excluding carboxylic acids is 1. The smallest absolute Gasteiger partial charge is 0.268 e. The van der Waals surface area contributed by atoms with E-state index in [-0.39, 0.29) is 5.91 Å². The van der Waals surface area contributed by atoms with Crippen molar-refractivity contribution in [3.8, 4) is 0 Å². The molecule has 0 aliphatic heterocycles. The number of hydrogen-bond donors (Lipinski definition) is 1. The van der Waals surface area contributed by atoms with Gasteiger partial charge < -0.3 is 9.88 Å². The Morgan fingerprint density at radius 1 is 1.21 bits per heavy atom. The highest BCUT2D eigenvalue weighted by Gasteiger charge is 2.14. The molecule has 0 bridgehead atoms. The number of nitrogens with zero attached hydrogens (tertiary/aromatic N) is 4. The van der Waals surface area contributed by atoms with Gasteiger partial charge in [0, 0.05) is 29.2 Å². The maximum atomic E-state index is 12.5. The van der Waals surface area contributed by atoms with Crippen LogP contribution in [-0.2, 0) is 13.6 Å². The van der Waals surface area contributed by atoms with Crippen LogP contribution < -0.4 is 5.32 Å². The molecule has 0 fully saturated rings. The highest BCUT2D eigenvalue weighted by atomic mass is 35.5. The summed E-state index contributed by atoms with van der Waals surface area (Å²) in [5.74, 6) is 0.512. The lowest BCUT2D eigenvalue weighted by molar-refractivity contribution is 0.0942. The molecule has 0 saturated heterocycles. The van der Waals surface area contributed by atoms with Gasteiger partial charge in [-0.2, -0.15) is 0 Å². The van der Waals surface area contributed by atoms with Crippen LogP contribution in [0.2, 0.25) is 5.02 Å². The highest BCUT2D eigenvalue weighted by molar-refractivity contribution is 6.31. The maximum absolute atomic E-state index is 12.5. The lowest BCUT2D eigenvalue weighted by Crippen LogP contribution is -2.25. The Labute approximate surface area is 142 Å². The average molecular weight is 340 g/mol. The van der Waals surface area contributed by atoms with Gasteiger partial charge in [-0.25, -0.2) is 0 Å². The number of aromatic nitrogens is 4. The SMILES string of the molecule is Cn1c(C(=O)NCc2nnc3ccccn23)cc2cc(Cl)ccc21. The minimum absolute atomic E-state index is 0.169. The van der Waals surface area contributed by atoms with Crippen molar-refractivity contribution in [1.82, 2.24) is 24.5 Å². The van der Waals surface area contributed by atoms with Crippen molar-refractivity contribution < 1.29 is 4.79 Å². The fourth-order valence-electron chi connectivity index (χ4n) is 2.80. The Morgan fingerprint density at radius 3 is 2.96 bits per heavy atom. The van der Waals surface area contributed by atoms with Crippen LogP contribution in [0.25, 0.3) is 16.6 Å².